The number of allylic oxidation sites excluding steroid dienone is 5. The summed E-state index contributed by atoms with van der Waals surface area (Å²) in [6.45, 7) is 10.1. The van der Waals surface area contributed by atoms with Crippen LogP contribution >= 0.6 is 0 Å². The van der Waals surface area contributed by atoms with Crippen LogP contribution in [0.15, 0.2) is 97.6 Å². The topological polar surface area (TPSA) is 82.3 Å². The number of hydrogen-bond acceptors (Lipinski definition) is 4. The Labute approximate surface area is 219 Å². The molecule has 6 nitrogen and oxygen atoms in total. The van der Waals surface area contributed by atoms with Crippen molar-refractivity contribution in [1.29, 1.82) is 0 Å². The molecule has 0 bridgehead atoms. The molecule has 1 aromatic carbocycles. The van der Waals surface area contributed by atoms with Gasteiger partial charge in [-0.25, -0.2) is 9.37 Å². The fourth-order valence-corrected chi connectivity index (χ4v) is 4.62. The van der Waals surface area contributed by atoms with Crippen LogP contribution in [0.1, 0.15) is 25.5 Å². The lowest BCUT2D eigenvalue weighted by molar-refractivity contribution is 0.628. The van der Waals surface area contributed by atoms with Crippen LogP contribution in [0.3, 0.4) is 0 Å². The number of fused-ring (bicyclic) bond motifs is 2. The van der Waals surface area contributed by atoms with Gasteiger partial charge in [-0.2, -0.15) is 5.10 Å². The minimum atomic E-state index is -0.271. The molecule has 0 radical (unpaired) electrons. The molecule has 0 amide bonds. The maximum absolute atomic E-state index is 13.5. The van der Waals surface area contributed by atoms with Gasteiger partial charge >= 0.3 is 0 Å². The van der Waals surface area contributed by atoms with E-state index in [1.807, 2.05) is 37.3 Å². The SMILES string of the molecule is C=C/C(=C\C(=C/C)c1ccc2[nH]nc(-c3cc4c(-c5ccc(F)cc5)cncc4[nH]3)c2n1)NC(=C)C1CC1. The number of aromatic nitrogens is 5. The summed E-state index contributed by atoms with van der Waals surface area (Å²) in [4.78, 5) is 12.8. The van der Waals surface area contributed by atoms with Crippen molar-refractivity contribution in [2.24, 2.45) is 5.92 Å². The molecule has 0 saturated heterocycles. The maximum atomic E-state index is 13.5. The van der Waals surface area contributed by atoms with E-state index in [1.54, 1.807) is 30.6 Å². The molecule has 1 fully saturated rings. The Kier molecular flexibility index (Phi) is 5.96. The first-order valence-corrected chi connectivity index (χ1v) is 12.6. The van der Waals surface area contributed by atoms with E-state index in [1.165, 1.54) is 25.0 Å². The van der Waals surface area contributed by atoms with Gasteiger partial charge in [-0.05, 0) is 79.3 Å². The van der Waals surface area contributed by atoms with E-state index in [2.05, 4.69) is 38.6 Å². The largest absolute Gasteiger partial charge is 0.359 e. The van der Waals surface area contributed by atoms with Crippen molar-refractivity contribution in [2.45, 2.75) is 19.8 Å². The van der Waals surface area contributed by atoms with E-state index in [0.717, 1.165) is 61.4 Å². The van der Waals surface area contributed by atoms with Gasteiger partial charge in [-0.3, -0.25) is 10.1 Å². The van der Waals surface area contributed by atoms with Crippen LogP contribution in [-0.2, 0) is 0 Å². The molecule has 38 heavy (non-hydrogen) atoms. The zero-order chi connectivity index (χ0) is 26.2. The molecule has 1 aliphatic carbocycles. The molecule has 5 aromatic rings. The Bertz CT molecular complexity index is 1750. The maximum Gasteiger partial charge on any atom is 0.135 e. The monoisotopic (exact) mass is 502 g/mol. The van der Waals surface area contributed by atoms with E-state index in [4.69, 9.17) is 4.98 Å². The fourth-order valence-electron chi connectivity index (χ4n) is 4.62. The molecule has 7 heteroatoms. The highest BCUT2D eigenvalue weighted by atomic mass is 19.1. The number of H-pyrrole nitrogens is 2. The molecule has 1 aliphatic rings. The second-order valence-corrected chi connectivity index (χ2v) is 9.48. The molecule has 188 valence electrons. The van der Waals surface area contributed by atoms with Gasteiger partial charge in [0.05, 0.1) is 28.6 Å². The molecule has 0 spiro atoms. The van der Waals surface area contributed by atoms with E-state index >= 15 is 0 Å². The Hall–Kier alpha value is -4.78. The first-order valence-electron chi connectivity index (χ1n) is 12.6. The third-order valence-corrected chi connectivity index (χ3v) is 6.88. The zero-order valence-corrected chi connectivity index (χ0v) is 21.1. The second-order valence-electron chi connectivity index (χ2n) is 9.48. The summed E-state index contributed by atoms with van der Waals surface area (Å²) in [5, 5.41) is 12.1. The van der Waals surface area contributed by atoms with E-state index in [0.29, 0.717) is 11.6 Å². The van der Waals surface area contributed by atoms with Crippen molar-refractivity contribution in [1.82, 2.24) is 30.5 Å². The zero-order valence-electron chi connectivity index (χ0n) is 21.1. The summed E-state index contributed by atoms with van der Waals surface area (Å²) >= 11 is 0. The van der Waals surface area contributed by atoms with Crippen molar-refractivity contribution in [3.8, 4) is 22.5 Å². The highest BCUT2D eigenvalue weighted by molar-refractivity contribution is 6.00. The number of nitrogens with one attached hydrogen (secondary N) is 3. The van der Waals surface area contributed by atoms with Gasteiger partial charge in [0.2, 0.25) is 0 Å². The molecule has 4 heterocycles. The lowest BCUT2D eigenvalue weighted by Gasteiger charge is -2.11. The average molecular weight is 503 g/mol. The molecular weight excluding hydrogens is 475 g/mol. The van der Waals surface area contributed by atoms with Gasteiger partial charge < -0.3 is 10.3 Å². The van der Waals surface area contributed by atoms with Crippen molar-refractivity contribution < 1.29 is 4.39 Å². The van der Waals surface area contributed by atoms with Crippen LogP contribution in [0.5, 0.6) is 0 Å². The number of aromatic amines is 2. The first kappa shape index (κ1) is 23.6. The van der Waals surface area contributed by atoms with Gasteiger partial charge in [0, 0.05) is 28.5 Å². The number of benzene rings is 1. The number of pyridine rings is 2. The van der Waals surface area contributed by atoms with Gasteiger partial charge in [0.15, 0.2) is 0 Å². The van der Waals surface area contributed by atoms with Crippen LogP contribution < -0.4 is 5.32 Å². The van der Waals surface area contributed by atoms with Gasteiger partial charge in [-0.1, -0.05) is 31.4 Å². The molecular formula is C31H27FN6. The minimum Gasteiger partial charge on any atom is -0.359 e. The minimum absolute atomic E-state index is 0.271. The highest BCUT2D eigenvalue weighted by Crippen LogP contribution is 2.35. The lowest BCUT2D eigenvalue weighted by Crippen LogP contribution is -2.11. The Morgan fingerprint density at radius 3 is 2.66 bits per heavy atom. The molecule has 0 aliphatic heterocycles. The van der Waals surface area contributed by atoms with Gasteiger partial charge in [-0.15, -0.1) is 0 Å². The third-order valence-electron chi connectivity index (χ3n) is 6.88. The standard InChI is InChI=1S/C31H27FN6/c1-4-19(14-23(5-2)34-18(3)20-6-7-20)26-12-13-27-30(36-26)31(38-37-27)28-15-24-25(16-33-17-29(24)35-28)21-8-10-22(32)11-9-21/h4-5,8-17,20,34-35H,2-3,6-7H2,1H3,(H,37,38)/b19-4+,23-14+. The molecule has 0 atom stereocenters. The van der Waals surface area contributed by atoms with Gasteiger partial charge in [0.25, 0.3) is 0 Å². The highest BCUT2D eigenvalue weighted by Gasteiger charge is 2.24. The van der Waals surface area contributed by atoms with Crippen LogP contribution in [-0.4, -0.2) is 25.1 Å². The van der Waals surface area contributed by atoms with Crippen LogP contribution in [0.25, 0.3) is 50.0 Å². The fraction of sp³-hybridized carbons (Fsp3) is 0.129. The number of rotatable bonds is 8. The number of hydrogen-bond donors (Lipinski definition) is 3. The third kappa shape index (κ3) is 4.43. The molecule has 1 saturated carbocycles. The summed E-state index contributed by atoms with van der Waals surface area (Å²) in [5.74, 6) is 0.276. The summed E-state index contributed by atoms with van der Waals surface area (Å²) in [6, 6.07) is 12.4. The van der Waals surface area contributed by atoms with Crippen LogP contribution in [0, 0.1) is 11.7 Å². The van der Waals surface area contributed by atoms with E-state index in [-0.39, 0.29) is 5.82 Å². The Balaban J connectivity index is 1.38. The predicted octanol–water partition coefficient (Wildman–Crippen LogP) is 7.29. The Morgan fingerprint density at radius 2 is 1.92 bits per heavy atom. The van der Waals surface area contributed by atoms with E-state index < -0.39 is 0 Å². The van der Waals surface area contributed by atoms with Crippen LogP contribution in [0.2, 0.25) is 0 Å². The summed E-state index contributed by atoms with van der Waals surface area (Å²) in [5.41, 5.74) is 9.50. The van der Waals surface area contributed by atoms with Crippen molar-refractivity contribution in [3.05, 3.63) is 109 Å². The predicted molar refractivity (Wildman–Crippen MR) is 151 cm³/mol. The van der Waals surface area contributed by atoms with Crippen LogP contribution in [0.4, 0.5) is 4.39 Å². The lowest BCUT2D eigenvalue weighted by atomic mass is 10.0. The molecule has 6 rings (SSSR count). The summed E-state index contributed by atoms with van der Waals surface area (Å²) in [7, 11) is 0. The summed E-state index contributed by atoms with van der Waals surface area (Å²) < 4.78 is 13.5. The van der Waals surface area contributed by atoms with Gasteiger partial charge in [0.1, 0.15) is 17.0 Å². The average Bonchev–Trinajstić information content (AvgIpc) is 3.57. The quantitative estimate of drug-likeness (QED) is 0.195. The number of halogens is 1. The Morgan fingerprint density at radius 1 is 1.11 bits per heavy atom. The number of nitrogens with zero attached hydrogens (tertiary/aromatic N) is 3. The van der Waals surface area contributed by atoms with Crippen molar-refractivity contribution >= 4 is 27.5 Å². The molecule has 0 unspecified atom stereocenters. The molecule has 3 N–H and O–H groups in total. The smallest absolute Gasteiger partial charge is 0.135 e. The normalized spacial score (nSPS) is 14.3. The molecule has 4 aromatic heterocycles. The first-order chi connectivity index (χ1) is 18.5. The van der Waals surface area contributed by atoms with E-state index in [9.17, 15) is 4.39 Å². The van der Waals surface area contributed by atoms with Crippen molar-refractivity contribution in [3.63, 3.8) is 0 Å². The second kappa shape index (κ2) is 9.59. The summed E-state index contributed by atoms with van der Waals surface area (Å²) in [6.07, 6.45) is 11.8. The van der Waals surface area contributed by atoms with Crippen molar-refractivity contribution in [2.75, 3.05) is 0 Å².